The van der Waals surface area contributed by atoms with E-state index in [-0.39, 0.29) is 0 Å². The third-order valence-corrected chi connectivity index (χ3v) is 4.05. The molecule has 0 radical (unpaired) electrons. The minimum absolute atomic E-state index is 0.623. The van der Waals surface area contributed by atoms with Crippen LogP contribution >= 0.6 is 21.6 Å². The summed E-state index contributed by atoms with van der Waals surface area (Å²) in [5.41, 5.74) is 0. The highest BCUT2D eigenvalue weighted by atomic mass is 33.1. The first-order chi connectivity index (χ1) is 3.93. The molecule has 0 bridgehead atoms. The smallest absolute Gasteiger partial charge is 0.216 e. The van der Waals surface area contributed by atoms with Crippen LogP contribution in [-0.4, -0.2) is 24.4 Å². The van der Waals surface area contributed by atoms with Gasteiger partial charge in [0, 0.05) is 5.75 Å². The summed E-state index contributed by atoms with van der Waals surface area (Å²) in [4.78, 5) is 9.94. The van der Waals surface area contributed by atoms with Crippen LogP contribution in [0.4, 0.5) is 0 Å². The summed E-state index contributed by atoms with van der Waals surface area (Å²) in [5, 5.41) is 0.623. The second kappa shape index (κ2) is 3.46. The molecule has 1 saturated heterocycles. The van der Waals surface area contributed by atoms with Gasteiger partial charge in [-0.3, -0.25) is 0 Å². The van der Waals surface area contributed by atoms with Gasteiger partial charge in [-0.2, -0.15) is 0 Å². The second-order valence-electron chi connectivity index (χ2n) is 1.73. The molecule has 0 spiro atoms. The van der Waals surface area contributed by atoms with Crippen molar-refractivity contribution in [2.45, 2.75) is 11.6 Å². The molecule has 8 heavy (non-hydrogen) atoms. The van der Waals surface area contributed by atoms with Gasteiger partial charge >= 0.3 is 0 Å². The maximum Gasteiger partial charge on any atom is 0.216 e. The first kappa shape index (κ1) is 6.55. The standard InChI is InChI=1S/C4H7BOS2/c6-3-5-4-1-2-7-8-4/h3-5H,1-2H2. The topological polar surface area (TPSA) is 17.1 Å². The summed E-state index contributed by atoms with van der Waals surface area (Å²) in [6, 6.07) is 0. The van der Waals surface area contributed by atoms with E-state index in [2.05, 4.69) is 0 Å². The summed E-state index contributed by atoms with van der Waals surface area (Å²) < 4.78 is 0. The van der Waals surface area contributed by atoms with Gasteiger partial charge in [0.05, 0.1) is 6.19 Å². The third-order valence-electron chi connectivity index (χ3n) is 1.09. The molecule has 1 rings (SSSR count). The minimum Gasteiger partial charge on any atom is -0.315 e. The van der Waals surface area contributed by atoms with E-state index in [1.165, 1.54) is 12.2 Å². The van der Waals surface area contributed by atoms with Crippen LogP contribution in [0, 0.1) is 0 Å². The maximum absolute atomic E-state index is 9.94. The fraction of sp³-hybridized carbons (Fsp3) is 0.750. The van der Waals surface area contributed by atoms with Crippen LogP contribution in [0.1, 0.15) is 6.42 Å². The number of hydrogen-bond acceptors (Lipinski definition) is 3. The molecule has 1 aliphatic heterocycles. The molecule has 1 heterocycles. The van der Waals surface area contributed by atoms with Crippen LogP contribution in [0.3, 0.4) is 0 Å². The zero-order valence-corrected chi connectivity index (χ0v) is 6.13. The number of hydrogen-bond donors (Lipinski definition) is 0. The Labute approximate surface area is 57.6 Å². The van der Waals surface area contributed by atoms with Crippen molar-refractivity contribution in [3.63, 3.8) is 0 Å². The molecule has 0 aromatic heterocycles. The molecule has 4 heteroatoms. The van der Waals surface area contributed by atoms with E-state index in [1.54, 1.807) is 0 Å². The van der Waals surface area contributed by atoms with Gasteiger partial charge in [0.1, 0.15) is 0 Å². The van der Waals surface area contributed by atoms with Gasteiger partial charge in [-0.25, -0.2) is 0 Å². The second-order valence-corrected chi connectivity index (χ2v) is 4.52. The predicted molar refractivity (Wildman–Crippen MR) is 42.4 cm³/mol. The van der Waals surface area contributed by atoms with Crippen molar-refractivity contribution in [1.82, 2.24) is 0 Å². The zero-order valence-electron chi connectivity index (χ0n) is 4.50. The summed E-state index contributed by atoms with van der Waals surface area (Å²) in [6.45, 7) is 0. The third kappa shape index (κ3) is 1.75. The Kier molecular flexibility index (Phi) is 2.83. The van der Waals surface area contributed by atoms with Crippen LogP contribution in [0.15, 0.2) is 0 Å². The zero-order chi connectivity index (χ0) is 5.82. The van der Waals surface area contributed by atoms with Gasteiger partial charge in [-0.1, -0.05) is 21.6 Å². The fourth-order valence-corrected chi connectivity index (χ4v) is 3.51. The first-order valence-corrected chi connectivity index (χ1v) is 5.03. The fourth-order valence-electron chi connectivity index (χ4n) is 0.636. The van der Waals surface area contributed by atoms with E-state index in [0.29, 0.717) is 5.15 Å². The average Bonchev–Trinajstić information content (AvgIpc) is 2.19. The molecular formula is C4H7BOS2. The van der Waals surface area contributed by atoms with Crippen molar-refractivity contribution in [1.29, 1.82) is 0 Å². The van der Waals surface area contributed by atoms with Crippen LogP contribution in [0.25, 0.3) is 0 Å². The Balaban J connectivity index is 2.14. The lowest BCUT2D eigenvalue weighted by Gasteiger charge is -1.94. The van der Waals surface area contributed by atoms with Crippen LogP contribution < -0.4 is 0 Å². The van der Waals surface area contributed by atoms with E-state index in [0.717, 1.165) is 13.5 Å². The monoisotopic (exact) mass is 146 g/mol. The molecule has 0 aromatic carbocycles. The Morgan fingerprint density at radius 2 is 2.62 bits per heavy atom. The SMILES string of the molecule is O=CBC1CCSS1. The average molecular weight is 146 g/mol. The largest absolute Gasteiger partial charge is 0.315 e. The lowest BCUT2D eigenvalue weighted by Crippen LogP contribution is -2.09. The maximum atomic E-state index is 9.94. The molecule has 1 fully saturated rings. The normalized spacial score (nSPS) is 27.8. The van der Waals surface area contributed by atoms with Crippen molar-refractivity contribution >= 4 is 35.1 Å². The molecule has 0 aliphatic carbocycles. The lowest BCUT2D eigenvalue weighted by atomic mass is 9.75. The predicted octanol–water partition coefficient (Wildman–Crippen LogP) is 0.724. The molecule has 0 aromatic rings. The van der Waals surface area contributed by atoms with Crippen LogP contribution in [0.2, 0.25) is 0 Å². The Hall–Kier alpha value is 0.435. The Bertz CT molecular complexity index is 82.1. The van der Waals surface area contributed by atoms with E-state index in [9.17, 15) is 4.79 Å². The lowest BCUT2D eigenvalue weighted by molar-refractivity contribution is 0.568. The summed E-state index contributed by atoms with van der Waals surface area (Å²) >= 11 is 0. The molecular weight excluding hydrogens is 139 g/mol. The van der Waals surface area contributed by atoms with Crippen LogP contribution in [0.5, 0.6) is 0 Å². The molecule has 0 saturated carbocycles. The molecule has 0 amide bonds. The van der Waals surface area contributed by atoms with E-state index >= 15 is 0 Å². The molecule has 44 valence electrons. The number of carbonyl (C=O) groups excluding carboxylic acids is 1. The molecule has 1 unspecified atom stereocenters. The van der Waals surface area contributed by atoms with E-state index in [4.69, 9.17) is 0 Å². The summed E-state index contributed by atoms with van der Waals surface area (Å²) in [7, 11) is 4.48. The quantitative estimate of drug-likeness (QED) is 0.324. The van der Waals surface area contributed by atoms with Gasteiger partial charge in [0.2, 0.25) is 7.28 Å². The number of carbonyl (C=O) groups is 1. The van der Waals surface area contributed by atoms with Gasteiger partial charge in [0.15, 0.2) is 0 Å². The van der Waals surface area contributed by atoms with Gasteiger partial charge in [-0.05, 0) is 11.6 Å². The van der Waals surface area contributed by atoms with Crippen molar-refractivity contribution in [2.75, 3.05) is 5.75 Å². The molecule has 1 atom stereocenters. The highest BCUT2D eigenvalue weighted by molar-refractivity contribution is 8.77. The highest BCUT2D eigenvalue weighted by Gasteiger charge is 2.16. The van der Waals surface area contributed by atoms with Crippen molar-refractivity contribution in [3.8, 4) is 0 Å². The van der Waals surface area contributed by atoms with E-state index < -0.39 is 0 Å². The van der Waals surface area contributed by atoms with Gasteiger partial charge < -0.3 is 4.79 Å². The summed E-state index contributed by atoms with van der Waals surface area (Å²) in [6.07, 6.45) is 2.23. The van der Waals surface area contributed by atoms with Gasteiger partial charge in [0.25, 0.3) is 0 Å². The molecule has 1 nitrogen and oxygen atoms in total. The molecule has 0 N–H and O–H groups in total. The summed E-state index contributed by atoms with van der Waals surface area (Å²) in [5.74, 6) is 1.23. The minimum atomic E-state index is 0.623. The van der Waals surface area contributed by atoms with Crippen LogP contribution in [-0.2, 0) is 4.79 Å². The number of rotatable bonds is 2. The Morgan fingerprint density at radius 3 is 3.12 bits per heavy atom. The van der Waals surface area contributed by atoms with Crippen molar-refractivity contribution in [3.05, 3.63) is 0 Å². The van der Waals surface area contributed by atoms with E-state index in [1.807, 2.05) is 21.6 Å². The van der Waals surface area contributed by atoms with Gasteiger partial charge in [-0.15, -0.1) is 0 Å². The highest BCUT2D eigenvalue weighted by Crippen LogP contribution is 2.36. The van der Waals surface area contributed by atoms with Crippen molar-refractivity contribution < 1.29 is 4.79 Å². The first-order valence-electron chi connectivity index (χ1n) is 2.65. The molecule has 1 aliphatic rings. The Morgan fingerprint density at radius 1 is 1.75 bits per heavy atom. The van der Waals surface area contributed by atoms with Crippen molar-refractivity contribution in [2.24, 2.45) is 0 Å².